The summed E-state index contributed by atoms with van der Waals surface area (Å²) in [5.41, 5.74) is 0.572. The molecule has 118 valence electrons. The molecule has 0 bridgehead atoms. The molecule has 1 atom stereocenters. The number of halogens is 1. The summed E-state index contributed by atoms with van der Waals surface area (Å²) in [6.45, 7) is 6.47. The van der Waals surface area contributed by atoms with E-state index in [0.29, 0.717) is 23.9 Å². The van der Waals surface area contributed by atoms with Crippen molar-refractivity contribution in [3.05, 3.63) is 29.8 Å². The SMILES string of the molecule is CC1CN(S(=O)(=O)c2ccc(CCCl)cc2)CC(C)(C)O1. The van der Waals surface area contributed by atoms with Gasteiger partial charge in [-0.25, -0.2) is 8.42 Å². The maximum Gasteiger partial charge on any atom is 0.243 e. The molecular weight excluding hydrogens is 310 g/mol. The second-order valence-electron chi connectivity index (χ2n) is 6.07. The third-order valence-corrected chi connectivity index (χ3v) is 5.50. The third kappa shape index (κ3) is 3.97. The van der Waals surface area contributed by atoms with Gasteiger partial charge in [-0.1, -0.05) is 12.1 Å². The van der Waals surface area contributed by atoms with E-state index >= 15 is 0 Å². The van der Waals surface area contributed by atoms with Gasteiger partial charge in [0.05, 0.1) is 16.6 Å². The number of rotatable bonds is 4. The number of alkyl halides is 1. The minimum Gasteiger partial charge on any atom is -0.370 e. The second-order valence-corrected chi connectivity index (χ2v) is 8.38. The zero-order valence-electron chi connectivity index (χ0n) is 12.7. The fraction of sp³-hybridized carbons (Fsp3) is 0.600. The zero-order valence-corrected chi connectivity index (χ0v) is 14.2. The molecule has 0 saturated carbocycles. The standard InChI is InChI=1S/C15H22ClNO3S/c1-12-10-17(11-15(2,3)20-12)21(18,19)14-6-4-13(5-7-14)8-9-16/h4-7,12H,8-11H2,1-3H3. The average Bonchev–Trinajstić information content (AvgIpc) is 2.37. The highest BCUT2D eigenvalue weighted by Gasteiger charge is 2.37. The Labute approximate surface area is 132 Å². The van der Waals surface area contributed by atoms with Gasteiger partial charge in [0.25, 0.3) is 0 Å². The summed E-state index contributed by atoms with van der Waals surface area (Å²) in [6.07, 6.45) is 0.628. The van der Waals surface area contributed by atoms with Gasteiger partial charge < -0.3 is 4.74 Å². The van der Waals surface area contributed by atoms with Crippen LogP contribution in [0.1, 0.15) is 26.3 Å². The fourth-order valence-electron chi connectivity index (χ4n) is 2.66. The number of benzene rings is 1. The Morgan fingerprint density at radius 1 is 1.33 bits per heavy atom. The Morgan fingerprint density at radius 2 is 1.95 bits per heavy atom. The van der Waals surface area contributed by atoms with E-state index in [0.717, 1.165) is 12.0 Å². The second kappa shape index (κ2) is 6.24. The van der Waals surface area contributed by atoms with Gasteiger partial charge in [-0.2, -0.15) is 4.31 Å². The van der Waals surface area contributed by atoms with E-state index in [4.69, 9.17) is 16.3 Å². The van der Waals surface area contributed by atoms with Gasteiger partial charge in [0.1, 0.15) is 0 Å². The van der Waals surface area contributed by atoms with E-state index in [2.05, 4.69) is 0 Å². The molecule has 1 aromatic carbocycles. The summed E-state index contributed by atoms with van der Waals surface area (Å²) < 4.78 is 32.7. The monoisotopic (exact) mass is 331 g/mol. The number of hydrogen-bond donors (Lipinski definition) is 0. The first kappa shape index (κ1) is 16.7. The minimum atomic E-state index is -3.48. The van der Waals surface area contributed by atoms with E-state index in [-0.39, 0.29) is 6.10 Å². The summed E-state index contributed by atoms with van der Waals surface area (Å²) in [5.74, 6) is 0.529. The Kier molecular flexibility index (Phi) is 4.98. The van der Waals surface area contributed by atoms with Crippen LogP contribution in [0.4, 0.5) is 0 Å². The maximum absolute atomic E-state index is 12.7. The highest BCUT2D eigenvalue weighted by atomic mass is 35.5. The van der Waals surface area contributed by atoms with E-state index < -0.39 is 15.6 Å². The summed E-state index contributed by atoms with van der Waals surface area (Å²) in [7, 11) is -3.48. The fourth-order valence-corrected chi connectivity index (χ4v) is 4.55. The normalized spacial score (nSPS) is 23.1. The summed E-state index contributed by atoms with van der Waals surface area (Å²) >= 11 is 5.69. The molecule has 4 nitrogen and oxygen atoms in total. The molecule has 0 spiro atoms. The molecule has 0 aromatic heterocycles. The van der Waals surface area contributed by atoms with Gasteiger partial charge in [0.15, 0.2) is 0 Å². The van der Waals surface area contributed by atoms with Gasteiger partial charge in [-0.3, -0.25) is 0 Å². The predicted octanol–water partition coefficient (Wildman–Crippen LogP) is 2.66. The maximum atomic E-state index is 12.7. The molecule has 1 aromatic rings. The van der Waals surface area contributed by atoms with Crippen LogP contribution in [-0.2, 0) is 21.2 Å². The van der Waals surface area contributed by atoms with Crippen LogP contribution < -0.4 is 0 Å². The van der Waals surface area contributed by atoms with Crippen molar-refractivity contribution in [2.75, 3.05) is 19.0 Å². The molecule has 6 heteroatoms. The average molecular weight is 332 g/mol. The molecule has 0 aliphatic carbocycles. The lowest BCUT2D eigenvalue weighted by atomic mass is 10.1. The lowest BCUT2D eigenvalue weighted by molar-refractivity contribution is -0.109. The van der Waals surface area contributed by atoms with Crippen molar-refractivity contribution in [3.63, 3.8) is 0 Å². The molecule has 1 aliphatic rings. The molecule has 1 saturated heterocycles. The lowest BCUT2D eigenvalue weighted by Gasteiger charge is -2.40. The number of hydrogen-bond acceptors (Lipinski definition) is 3. The van der Waals surface area contributed by atoms with Crippen LogP contribution >= 0.6 is 11.6 Å². The van der Waals surface area contributed by atoms with Gasteiger partial charge in [-0.05, 0) is 44.9 Å². The molecule has 1 heterocycles. The molecule has 1 aliphatic heterocycles. The van der Waals surface area contributed by atoms with Crippen LogP contribution in [0.15, 0.2) is 29.2 Å². The third-order valence-electron chi connectivity index (χ3n) is 3.48. The quantitative estimate of drug-likeness (QED) is 0.797. The van der Waals surface area contributed by atoms with Crippen molar-refractivity contribution >= 4 is 21.6 Å². The highest BCUT2D eigenvalue weighted by molar-refractivity contribution is 7.89. The summed E-state index contributed by atoms with van der Waals surface area (Å²) in [4.78, 5) is 0.325. The van der Waals surface area contributed by atoms with E-state index in [1.807, 2.05) is 32.9 Å². The topological polar surface area (TPSA) is 46.6 Å². The van der Waals surface area contributed by atoms with E-state index in [9.17, 15) is 8.42 Å². The summed E-state index contributed by atoms with van der Waals surface area (Å²) in [6, 6.07) is 6.96. The van der Waals surface area contributed by atoms with E-state index in [1.165, 1.54) is 4.31 Å². The molecular formula is C15H22ClNO3S. The van der Waals surface area contributed by atoms with Crippen molar-refractivity contribution in [1.82, 2.24) is 4.31 Å². The van der Waals surface area contributed by atoms with Crippen LogP contribution in [0.5, 0.6) is 0 Å². The van der Waals surface area contributed by atoms with Crippen molar-refractivity contribution in [2.24, 2.45) is 0 Å². The van der Waals surface area contributed by atoms with Gasteiger partial charge >= 0.3 is 0 Å². The van der Waals surface area contributed by atoms with Crippen molar-refractivity contribution < 1.29 is 13.2 Å². The van der Waals surface area contributed by atoms with Crippen LogP contribution in [0.3, 0.4) is 0 Å². The Balaban J connectivity index is 2.24. The Hall–Kier alpha value is -0.620. The first-order chi connectivity index (χ1) is 9.74. The number of ether oxygens (including phenoxy) is 1. The minimum absolute atomic E-state index is 0.112. The Morgan fingerprint density at radius 3 is 2.48 bits per heavy atom. The highest BCUT2D eigenvalue weighted by Crippen LogP contribution is 2.26. The first-order valence-corrected chi connectivity index (χ1v) is 9.05. The van der Waals surface area contributed by atoms with Crippen molar-refractivity contribution in [3.8, 4) is 0 Å². The molecule has 2 rings (SSSR count). The number of sulfonamides is 1. The first-order valence-electron chi connectivity index (χ1n) is 7.07. The van der Waals surface area contributed by atoms with Crippen molar-refractivity contribution in [2.45, 2.75) is 43.8 Å². The van der Waals surface area contributed by atoms with Gasteiger partial charge in [-0.15, -0.1) is 11.6 Å². The number of nitrogens with zero attached hydrogens (tertiary/aromatic N) is 1. The molecule has 0 N–H and O–H groups in total. The molecule has 0 amide bonds. The molecule has 1 unspecified atom stereocenters. The Bertz CT molecular complexity index is 583. The molecule has 0 radical (unpaired) electrons. The largest absolute Gasteiger partial charge is 0.370 e. The van der Waals surface area contributed by atoms with Crippen LogP contribution in [0, 0.1) is 0 Å². The van der Waals surface area contributed by atoms with Gasteiger partial charge in [0, 0.05) is 19.0 Å². The predicted molar refractivity (Wildman–Crippen MR) is 84.3 cm³/mol. The smallest absolute Gasteiger partial charge is 0.243 e. The number of morpholine rings is 1. The number of aryl methyl sites for hydroxylation is 1. The lowest BCUT2D eigenvalue weighted by Crippen LogP contribution is -2.53. The molecule has 21 heavy (non-hydrogen) atoms. The molecule has 1 fully saturated rings. The van der Waals surface area contributed by atoms with Crippen LogP contribution in [-0.4, -0.2) is 43.4 Å². The van der Waals surface area contributed by atoms with Crippen LogP contribution in [0.25, 0.3) is 0 Å². The summed E-state index contributed by atoms with van der Waals surface area (Å²) in [5, 5.41) is 0. The van der Waals surface area contributed by atoms with E-state index in [1.54, 1.807) is 12.1 Å². The zero-order chi connectivity index (χ0) is 15.7. The van der Waals surface area contributed by atoms with Gasteiger partial charge in [0.2, 0.25) is 10.0 Å². The van der Waals surface area contributed by atoms with Crippen LogP contribution in [0.2, 0.25) is 0 Å². The van der Waals surface area contributed by atoms with Crippen molar-refractivity contribution in [1.29, 1.82) is 0 Å².